The molecule has 0 bridgehead atoms. The van der Waals surface area contributed by atoms with E-state index in [0.29, 0.717) is 5.65 Å². The summed E-state index contributed by atoms with van der Waals surface area (Å²) >= 11 is 0. The van der Waals surface area contributed by atoms with Gasteiger partial charge in [-0.2, -0.15) is 0 Å². The first-order valence-electron chi connectivity index (χ1n) is 7.40. The van der Waals surface area contributed by atoms with Crippen molar-refractivity contribution in [1.29, 1.82) is 0 Å². The molecule has 2 fully saturated rings. The fourth-order valence-corrected chi connectivity index (χ4v) is 3.56. The van der Waals surface area contributed by atoms with Crippen LogP contribution >= 0.6 is 0 Å². The summed E-state index contributed by atoms with van der Waals surface area (Å²) < 4.78 is 19.6. The molecule has 124 valence electrons. The van der Waals surface area contributed by atoms with Crippen LogP contribution in [0.4, 0.5) is 0 Å². The van der Waals surface area contributed by atoms with E-state index in [9.17, 15) is 9.90 Å². The maximum atomic E-state index is 11.8. The molecule has 0 amide bonds. The average molecular weight is 322 g/mol. The standard InChI is InChI=1S/C14H18N4O5/c1-13(2)22-9-7(4-19)21-12(14(9,3)23-13)18-6-17-8-10(18)15-5-16-11(8)20/h5-7,9,12,19H,4H2,1-3H3,(H,15,16,20)/t7-,9?,12?,14+/m1/s1. The lowest BCUT2D eigenvalue weighted by atomic mass is 9.96. The molecule has 9 heteroatoms. The van der Waals surface area contributed by atoms with E-state index < -0.39 is 29.8 Å². The predicted octanol–water partition coefficient (Wildman–Crippen LogP) is -0.0805. The summed E-state index contributed by atoms with van der Waals surface area (Å²) in [6, 6.07) is 0. The van der Waals surface area contributed by atoms with Gasteiger partial charge in [0.05, 0.1) is 19.3 Å². The number of rotatable bonds is 2. The number of aliphatic hydroxyl groups is 1. The predicted molar refractivity (Wildman–Crippen MR) is 77.6 cm³/mol. The van der Waals surface area contributed by atoms with Gasteiger partial charge in [0.2, 0.25) is 0 Å². The first-order valence-corrected chi connectivity index (χ1v) is 7.40. The number of H-pyrrole nitrogens is 1. The molecule has 23 heavy (non-hydrogen) atoms. The number of nitrogens with zero attached hydrogens (tertiary/aromatic N) is 3. The molecule has 0 aromatic carbocycles. The van der Waals surface area contributed by atoms with Crippen molar-refractivity contribution < 1.29 is 19.3 Å². The van der Waals surface area contributed by atoms with Gasteiger partial charge in [0, 0.05) is 0 Å². The largest absolute Gasteiger partial charge is 0.394 e. The van der Waals surface area contributed by atoms with Crippen LogP contribution in [-0.4, -0.2) is 54.8 Å². The second-order valence-electron chi connectivity index (χ2n) is 6.49. The van der Waals surface area contributed by atoms with E-state index in [1.807, 2.05) is 20.8 Å². The van der Waals surface area contributed by atoms with E-state index in [-0.39, 0.29) is 17.7 Å². The number of hydrogen-bond donors (Lipinski definition) is 2. The van der Waals surface area contributed by atoms with E-state index in [1.54, 1.807) is 4.57 Å². The Kier molecular flexibility index (Phi) is 2.95. The molecule has 0 aliphatic carbocycles. The number of ether oxygens (including phenoxy) is 3. The second kappa shape index (κ2) is 4.60. The van der Waals surface area contributed by atoms with Crippen LogP contribution in [0.3, 0.4) is 0 Å². The lowest BCUT2D eigenvalue weighted by Gasteiger charge is -2.30. The maximum absolute atomic E-state index is 11.8. The highest BCUT2D eigenvalue weighted by Gasteiger charge is 2.64. The molecule has 4 rings (SSSR count). The summed E-state index contributed by atoms with van der Waals surface area (Å²) in [4.78, 5) is 22.6. The highest BCUT2D eigenvalue weighted by molar-refractivity contribution is 5.69. The number of hydrogen-bond acceptors (Lipinski definition) is 7. The van der Waals surface area contributed by atoms with Gasteiger partial charge in [0.15, 0.2) is 23.2 Å². The van der Waals surface area contributed by atoms with Crippen LogP contribution in [0.5, 0.6) is 0 Å². The lowest BCUT2D eigenvalue weighted by Crippen LogP contribution is -2.42. The molecular formula is C14H18N4O5. The monoisotopic (exact) mass is 322 g/mol. The molecule has 9 nitrogen and oxygen atoms in total. The van der Waals surface area contributed by atoms with E-state index in [2.05, 4.69) is 15.0 Å². The van der Waals surface area contributed by atoms with Crippen LogP contribution in [-0.2, 0) is 14.2 Å². The van der Waals surface area contributed by atoms with Crippen molar-refractivity contribution in [1.82, 2.24) is 19.5 Å². The molecule has 0 saturated carbocycles. The van der Waals surface area contributed by atoms with Crippen molar-refractivity contribution >= 4 is 11.2 Å². The van der Waals surface area contributed by atoms with Gasteiger partial charge in [-0.15, -0.1) is 0 Å². The van der Waals surface area contributed by atoms with Crippen LogP contribution in [0.15, 0.2) is 17.4 Å². The number of imidazole rings is 1. The minimum absolute atomic E-state index is 0.198. The zero-order chi connectivity index (χ0) is 16.4. The van der Waals surface area contributed by atoms with Crippen LogP contribution in [0, 0.1) is 0 Å². The quantitative estimate of drug-likeness (QED) is 0.795. The van der Waals surface area contributed by atoms with Gasteiger partial charge in [0.25, 0.3) is 5.56 Å². The fraction of sp³-hybridized carbons (Fsp3) is 0.643. The number of aromatic nitrogens is 4. The van der Waals surface area contributed by atoms with Crippen molar-refractivity contribution in [2.24, 2.45) is 0 Å². The summed E-state index contributed by atoms with van der Waals surface area (Å²) in [6.45, 7) is 5.30. The van der Waals surface area contributed by atoms with Crippen LogP contribution in [0.25, 0.3) is 11.2 Å². The average Bonchev–Trinajstić information content (AvgIpc) is 3.07. The third kappa shape index (κ3) is 1.97. The summed E-state index contributed by atoms with van der Waals surface area (Å²) in [7, 11) is 0. The van der Waals surface area contributed by atoms with E-state index >= 15 is 0 Å². The molecule has 2 aromatic heterocycles. The first-order chi connectivity index (χ1) is 10.9. The molecule has 2 N–H and O–H groups in total. The Morgan fingerprint density at radius 1 is 1.39 bits per heavy atom. The van der Waals surface area contributed by atoms with Crippen molar-refractivity contribution in [3.8, 4) is 0 Å². The van der Waals surface area contributed by atoms with Gasteiger partial charge in [-0.3, -0.25) is 9.36 Å². The first kappa shape index (κ1) is 14.8. The Morgan fingerprint density at radius 3 is 2.91 bits per heavy atom. The lowest BCUT2D eigenvalue weighted by molar-refractivity contribution is -0.217. The minimum atomic E-state index is -0.838. The van der Waals surface area contributed by atoms with Crippen molar-refractivity contribution in [3.05, 3.63) is 23.0 Å². The van der Waals surface area contributed by atoms with Gasteiger partial charge in [-0.25, -0.2) is 9.97 Å². The molecule has 2 aromatic rings. The summed E-state index contributed by atoms with van der Waals surface area (Å²) in [5.41, 5.74) is -0.544. The summed E-state index contributed by atoms with van der Waals surface area (Å²) in [5.74, 6) is -0.795. The van der Waals surface area contributed by atoms with Crippen LogP contribution < -0.4 is 5.56 Å². The highest BCUT2D eigenvalue weighted by Crippen LogP contribution is 2.51. The Labute approximate surface area is 131 Å². The van der Waals surface area contributed by atoms with Crippen LogP contribution in [0.2, 0.25) is 0 Å². The molecule has 2 saturated heterocycles. The number of aliphatic hydroxyl groups excluding tert-OH is 1. The molecule has 4 atom stereocenters. The minimum Gasteiger partial charge on any atom is -0.394 e. The Bertz CT molecular complexity index is 815. The van der Waals surface area contributed by atoms with Crippen molar-refractivity contribution in [2.45, 2.75) is 50.6 Å². The van der Waals surface area contributed by atoms with Crippen molar-refractivity contribution in [3.63, 3.8) is 0 Å². The SMILES string of the molecule is CC1(C)OC2[C@@H](CO)OC(n3cnc4c(=O)[nH]cnc43)[C@@]2(C)O1. The maximum Gasteiger partial charge on any atom is 0.278 e. The molecule has 2 aliphatic heterocycles. The summed E-state index contributed by atoms with van der Waals surface area (Å²) in [5, 5.41) is 9.61. The smallest absolute Gasteiger partial charge is 0.278 e. The van der Waals surface area contributed by atoms with Gasteiger partial charge in [0.1, 0.15) is 17.8 Å². The highest BCUT2D eigenvalue weighted by atomic mass is 16.8. The van der Waals surface area contributed by atoms with E-state index in [0.717, 1.165) is 0 Å². The Balaban J connectivity index is 1.84. The molecular weight excluding hydrogens is 304 g/mol. The summed E-state index contributed by atoms with van der Waals surface area (Å²) in [6.07, 6.45) is 1.22. The van der Waals surface area contributed by atoms with Crippen molar-refractivity contribution in [2.75, 3.05) is 6.61 Å². The zero-order valence-corrected chi connectivity index (χ0v) is 13.0. The molecule has 0 spiro atoms. The van der Waals surface area contributed by atoms with Gasteiger partial charge >= 0.3 is 0 Å². The fourth-order valence-electron chi connectivity index (χ4n) is 3.56. The second-order valence-corrected chi connectivity index (χ2v) is 6.49. The molecule has 0 radical (unpaired) electrons. The number of nitrogens with one attached hydrogen (secondary N) is 1. The number of aromatic amines is 1. The van der Waals surface area contributed by atoms with Crippen LogP contribution in [0.1, 0.15) is 27.0 Å². The topological polar surface area (TPSA) is 111 Å². The Hall–Kier alpha value is -1.81. The molecule has 2 aliphatic rings. The van der Waals surface area contributed by atoms with Gasteiger partial charge < -0.3 is 24.3 Å². The molecule has 2 unspecified atom stereocenters. The van der Waals surface area contributed by atoms with E-state index in [4.69, 9.17) is 14.2 Å². The zero-order valence-electron chi connectivity index (χ0n) is 13.0. The number of fused-ring (bicyclic) bond motifs is 2. The normalized spacial score (nSPS) is 35.7. The van der Waals surface area contributed by atoms with Gasteiger partial charge in [-0.1, -0.05) is 0 Å². The third-order valence-corrected chi connectivity index (χ3v) is 4.37. The van der Waals surface area contributed by atoms with E-state index in [1.165, 1.54) is 12.7 Å². The Morgan fingerprint density at radius 2 is 2.17 bits per heavy atom. The molecule has 4 heterocycles. The third-order valence-electron chi connectivity index (χ3n) is 4.37. The van der Waals surface area contributed by atoms with Gasteiger partial charge in [-0.05, 0) is 20.8 Å².